The van der Waals surface area contributed by atoms with Crippen molar-refractivity contribution in [3.8, 4) is 0 Å². The summed E-state index contributed by atoms with van der Waals surface area (Å²) >= 11 is 0. The summed E-state index contributed by atoms with van der Waals surface area (Å²) in [6.07, 6.45) is 0.955. The molecule has 2 unspecified atom stereocenters. The monoisotopic (exact) mass is 603 g/mol. The lowest BCUT2D eigenvalue weighted by Gasteiger charge is -2.39. The normalized spacial score (nSPS) is 14.3. The van der Waals surface area contributed by atoms with Crippen molar-refractivity contribution in [1.82, 2.24) is 14.9 Å². The van der Waals surface area contributed by atoms with Gasteiger partial charge < -0.3 is 20.5 Å². The summed E-state index contributed by atoms with van der Waals surface area (Å²) in [5.41, 5.74) is -1.57. The Labute approximate surface area is 252 Å². The van der Waals surface area contributed by atoms with Gasteiger partial charge in [-0.2, -0.15) is 4.31 Å². The number of aliphatic hydroxyl groups is 1. The van der Waals surface area contributed by atoms with Gasteiger partial charge in [0, 0.05) is 38.9 Å². The Morgan fingerprint density at radius 2 is 1.50 bits per heavy atom. The first-order valence-electron chi connectivity index (χ1n) is 14.7. The Kier molecular flexibility index (Phi) is 13.5. The smallest absolute Gasteiger partial charge is 0.407 e. The van der Waals surface area contributed by atoms with Gasteiger partial charge in [0.2, 0.25) is 15.9 Å². The van der Waals surface area contributed by atoms with Crippen LogP contribution >= 0.6 is 0 Å². The maximum Gasteiger partial charge on any atom is 0.407 e. The van der Waals surface area contributed by atoms with E-state index in [1.807, 2.05) is 51.1 Å². The van der Waals surface area contributed by atoms with Crippen LogP contribution in [0.3, 0.4) is 0 Å². The summed E-state index contributed by atoms with van der Waals surface area (Å²) in [5.74, 6) is -0.00365. The minimum atomic E-state index is -4.05. The van der Waals surface area contributed by atoms with Gasteiger partial charge >= 0.3 is 6.09 Å². The Morgan fingerprint density at radius 3 is 2.07 bits per heavy atom. The van der Waals surface area contributed by atoms with Crippen LogP contribution in [0.5, 0.6) is 0 Å². The zero-order valence-corrected chi connectivity index (χ0v) is 26.7. The van der Waals surface area contributed by atoms with Crippen LogP contribution in [0.15, 0.2) is 65.6 Å². The summed E-state index contributed by atoms with van der Waals surface area (Å²) in [5, 5.41) is 17.7. The average molecular weight is 604 g/mol. The average Bonchev–Trinajstić information content (AvgIpc) is 2.88. The van der Waals surface area contributed by atoms with Crippen molar-refractivity contribution in [1.29, 1.82) is 0 Å². The van der Waals surface area contributed by atoms with E-state index < -0.39 is 27.4 Å². The number of nitrogens with zero attached hydrogens (tertiary/aromatic N) is 1. The van der Waals surface area contributed by atoms with Crippen LogP contribution in [0.25, 0.3) is 0 Å². The largest absolute Gasteiger partial charge is 0.444 e. The second kappa shape index (κ2) is 16.0. The molecule has 2 rings (SSSR count). The van der Waals surface area contributed by atoms with Crippen LogP contribution in [-0.2, 0) is 26.0 Å². The van der Waals surface area contributed by atoms with Gasteiger partial charge in [-0.15, -0.1) is 0 Å². The summed E-state index contributed by atoms with van der Waals surface area (Å²) < 4.78 is 34.2. The van der Waals surface area contributed by atoms with Gasteiger partial charge in [0.15, 0.2) is 0 Å². The fraction of sp³-hybridized carbons (Fsp3) is 0.562. The number of hydrogen-bond donors (Lipinski definition) is 3. The molecule has 2 amide bonds. The maximum absolute atomic E-state index is 13.9. The van der Waals surface area contributed by atoms with Crippen LogP contribution in [0.4, 0.5) is 4.79 Å². The van der Waals surface area contributed by atoms with Crippen molar-refractivity contribution >= 4 is 22.0 Å². The minimum absolute atomic E-state index is 0.00632. The predicted octanol–water partition coefficient (Wildman–Crippen LogP) is 5.10. The van der Waals surface area contributed by atoms with E-state index in [9.17, 15) is 23.1 Å². The topological polar surface area (TPSA) is 125 Å². The third kappa shape index (κ3) is 12.1. The Balaban J connectivity index is 2.13. The molecule has 0 saturated heterocycles. The first kappa shape index (κ1) is 35.2. The number of alkyl carbamates (subject to hydrolysis) is 1. The van der Waals surface area contributed by atoms with E-state index in [0.29, 0.717) is 19.4 Å². The molecule has 2 atom stereocenters. The van der Waals surface area contributed by atoms with E-state index in [-0.39, 0.29) is 55.0 Å². The van der Waals surface area contributed by atoms with E-state index >= 15 is 0 Å². The lowest BCUT2D eigenvalue weighted by Crippen LogP contribution is -2.55. The van der Waals surface area contributed by atoms with Gasteiger partial charge in [0.05, 0.1) is 4.90 Å². The molecule has 0 spiro atoms. The van der Waals surface area contributed by atoms with Crippen molar-refractivity contribution < 1.29 is 27.9 Å². The maximum atomic E-state index is 13.9. The molecule has 0 fully saturated rings. The molecule has 2 aromatic rings. The molecule has 9 nitrogen and oxygen atoms in total. The second-order valence-corrected chi connectivity index (χ2v) is 14.2. The van der Waals surface area contributed by atoms with Gasteiger partial charge in [-0.25, -0.2) is 13.2 Å². The van der Waals surface area contributed by atoms with Gasteiger partial charge in [0.1, 0.15) is 11.3 Å². The van der Waals surface area contributed by atoms with Crippen LogP contribution in [0.1, 0.15) is 72.8 Å². The van der Waals surface area contributed by atoms with Crippen molar-refractivity contribution in [3.05, 3.63) is 66.2 Å². The highest BCUT2D eigenvalue weighted by atomic mass is 32.2. The predicted molar refractivity (Wildman–Crippen MR) is 165 cm³/mol. The van der Waals surface area contributed by atoms with Crippen molar-refractivity contribution in [2.24, 2.45) is 11.8 Å². The quantitative estimate of drug-likeness (QED) is 0.229. The van der Waals surface area contributed by atoms with Crippen LogP contribution in [0, 0.1) is 11.8 Å². The number of sulfonamides is 1. The molecule has 0 aliphatic carbocycles. The highest BCUT2D eigenvalue weighted by Gasteiger charge is 2.42. The number of benzene rings is 2. The molecule has 0 radical (unpaired) electrons. The first-order chi connectivity index (χ1) is 19.6. The molecule has 2 aromatic carbocycles. The first-order valence-corrected chi connectivity index (χ1v) is 16.1. The molecule has 0 saturated carbocycles. The molecule has 10 heteroatoms. The van der Waals surface area contributed by atoms with Crippen molar-refractivity contribution in [3.63, 3.8) is 0 Å². The fourth-order valence-electron chi connectivity index (χ4n) is 4.50. The second-order valence-electron chi connectivity index (χ2n) is 12.3. The molecular weight excluding hydrogens is 554 g/mol. The van der Waals surface area contributed by atoms with Crippen LogP contribution < -0.4 is 10.6 Å². The standard InChI is InChI=1S/C32H49N3O6S/c1-25(2)18-22-35(42(39,40)28-15-11-8-12-16-28)32(38,24-27-13-9-7-10-14-27)19-21-33-29(36)23-26(3)17-20-34-30(37)41-31(4,5)6/h7-16,25-26,38H,17-24H2,1-6H3,(H,33,36)(H,34,37). The summed E-state index contributed by atoms with van der Waals surface area (Å²) in [6.45, 7) is 11.9. The number of ether oxygens (including phenoxy) is 1. The Morgan fingerprint density at radius 1 is 0.905 bits per heavy atom. The highest BCUT2D eigenvalue weighted by molar-refractivity contribution is 7.89. The fourth-order valence-corrected chi connectivity index (χ4v) is 6.20. The summed E-state index contributed by atoms with van der Waals surface area (Å²) in [7, 11) is -4.05. The Hall–Kier alpha value is -2.95. The van der Waals surface area contributed by atoms with Crippen molar-refractivity contribution in [2.45, 2.75) is 89.9 Å². The van der Waals surface area contributed by atoms with Crippen LogP contribution in [-0.4, -0.2) is 60.8 Å². The van der Waals surface area contributed by atoms with E-state index in [4.69, 9.17) is 4.74 Å². The SMILES string of the molecule is CC(C)CCN(C(O)(CCNC(=O)CC(C)CCNC(=O)OC(C)(C)C)Cc1ccccc1)S(=O)(=O)c1ccccc1. The number of rotatable bonds is 16. The molecule has 0 aliphatic heterocycles. The van der Waals surface area contributed by atoms with Gasteiger partial charge in [0.25, 0.3) is 0 Å². The number of carbonyl (C=O) groups excluding carboxylic acids is 2. The summed E-state index contributed by atoms with van der Waals surface area (Å²) in [4.78, 5) is 24.7. The summed E-state index contributed by atoms with van der Waals surface area (Å²) in [6, 6.07) is 17.4. The Bertz CT molecular complexity index is 1220. The van der Waals surface area contributed by atoms with E-state index in [1.54, 1.807) is 39.0 Å². The molecule has 0 bridgehead atoms. The molecule has 0 aromatic heterocycles. The molecule has 0 aliphatic rings. The molecule has 0 heterocycles. The molecule has 42 heavy (non-hydrogen) atoms. The van der Waals surface area contributed by atoms with Crippen molar-refractivity contribution in [2.75, 3.05) is 19.6 Å². The van der Waals surface area contributed by atoms with Gasteiger partial charge in [-0.05, 0) is 63.1 Å². The van der Waals surface area contributed by atoms with Gasteiger partial charge in [-0.1, -0.05) is 69.3 Å². The molecular formula is C32H49N3O6S. The van der Waals surface area contributed by atoms with E-state index in [0.717, 1.165) is 5.56 Å². The number of carbonyl (C=O) groups is 2. The number of amides is 2. The lowest BCUT2D eigenvalue weighted by atomic mass is 9.98. The third-order valence-corrected chi connectivity index (χ3v) is 8.69. The zero-order chi connectivity index (χ0) is 31.4. The number of hydrogen-bond acceptors (Lipinski definition) is 6. The lowest BCUT2D eigenvalue weighted by molar-refractivity contribution is -0.122. The van der Waals surface area contributed by atoms with E-state index in [1.165, 1.54) is 16.4 Å². The highest BCUT2D eigenvalue weighted by Crippen LogP contribution is 2.30. The minimum Gasteiger partial charge on any atom is -0.444 e. The molecule has 234 valence electrons. The third-order valence-electron chi connectivity index (χ3n) is 6.72. The number of nitrogens with one attached hydrogen (secondary N) is 2. The molecule has 3 N–H and O–H groups in total. The van der Waals surface area contributed by atoms with Crippen LogP contribution in [0.2, 0.25) is 0 Å². The van der Waals surface area contributed by atoms with Gasteiger partial charge in [-0.3, -0.25) is 4.79 Å². The zero-order valence-electron chi connectivity index (χ0n) is 25.9. The van der Waals surface area contributed by atoms with E-state index in [2.05, 4.69) is 10.6 Å².